The molecule has 5 rings (SSSR count). The smallest absolute Gasteiger partial charge is 0.263 e. The van der Waals surface area contributed by atoms with Gasteiger partial charge in [0.15, 0.2) is 0 Å². The molecule has 0 bridgehead atoms. The van der Waals surface area contributed by atoms with Gasteiger partial charge in [-0.25, -0.2) is 23.4 Å². The van der Waals surface area contributed by atoms with Gasteiger partial charge in [-0.2, -0.15) is 4.31 Å². The monoisotopic (exact) mass is 559 g/mol. The van der Waals surface area contributed by atoms with Gasteiger partial charge in [0, 0.05) is 49.5 Å². The number of anilines is 1. The van der Waals surface area contributed by atoms with Gasteiger partial charge in [0.2, 0.25) is 21.9 Å². The molecular formula is C25H33N7O4S2. The lowest BCUT2D eigenvalue weighted by molar-refractivity contribution is -0.123. The summed E-state index contributed by atoms with van der Waals surface area (Å²) in [5.41, 5.74) is -0.519. The molecule has 2 fully saturated rings. The summed E-state index contributed by atoms with van der Waals surface area (Å²) in [6, 6.07) is 1.80. The minimum Gasteiger partial charge on any atom is -0.352 e. The zero-order valence-corrected chi connectivity index (χ0v) is 23.5. The summed E-state index contributed by atoms with van der Waals surface area (Å²) in [6.07, 6.45) is 7.77. The van der Waals surface area contributed by atoms with Crippen molar-refractivity contribution in [3.05, 3.63) is 40.0 Å². The molecule has 3 aromatic heterocycles. The van der Waals surface area contributed by atoms with Crippen LogP contribution in [0.3, 0.4) is 0 Å². The molecule has 38 heavy (non-hydrogen) atoms. The Morgan fingerprint density at radius 2 is 1.82 bits per heavy atom. The Morgan fingerprint density at radius 3 is 2.53 bits per heavy atom. The van der Waals surface area contributed by atoms with Gasteiger partial charge in [0.25, 0.3) is 5.56 Å². The number of thiophene rings is 1. The van der Waals surface area contributed by atoms with Gasteiger partial charge in [0.05, 0.1) is 11.7 Å². The number of carbonyl (C=O) groups is 1. The fourth-order valence-electron chi connectivity index (χ4n) is 5.44. The van der Waals surface area contributed by atoms with Crippen LogP contribution in [0.4, 0.5) is 5.95 Å². The molecule has 0 unspecified atom stereocenters. The molecule has 1 aliphatic heterocycles. The van der Waals surface area contributed by atoms with Crippen LogP contribution in [0.5, 0.6) is 0 Å². The number of hydrogen-bond donors (Lipinski definition) is 1. The van der Waals surface area contributed by atoms with Gasteiger partial charge in [-0.05, 0) is 31.2 Å². The Labute approximate surface area is 226 Å². The highest BCUT2D eigenvalue weighted by atomic mass is 32.2. The highest BCUT2D eigenvalue weighted by Crippen LogP contribution is 2.33. The lowest BCUT2D eigenvalue weighted by atomic mass is 9.78. The van der Waals surface area contributed by atoms with E-state index in [1.54, 1.807) is 25.4 Å². The van der Waals surface area contributed by atoms with E-state index in [4.69, 9.17) is 0 Å². The summed E-state index contributed by atoms with van der Waals surface area (Å²) in [4.78, 5) is 42.0. The Bertz CT molecular complexity index is 1480. The molecule has 1 aliphatic carbocycles. The maximum Gasteiger partial charge on any atom is 0.263 e. The van der Waals surface area contributed by atoms with E-state index < -0.39 is 15.6 Å². The van der Waals surface area contributed by atoms with Gasteiger partial charge in [0.1, 0.15) is 16.3 Å². The highest BCUT2D eigenvalue weighted by Gasteiger charge is 2.34. The van der Waals surface area contributed by atoms with Crippen molar-refractivity contribution in [2.75, 3.05) is 31.1 Å². The zero-order valence-electron chi connectivity index (χ0n) is 21.8. The van der Waals surface area contributed by atoms with Crippen molar-refractivity contribution < 1.29 is 13.2 Å². The van der Waals surface area contributed by atoms with Crippen LogP contribution in [0, 0.1) is 18.8 Å². The predicted octanol–water partition coefficient (Wildman–Crippen LogP) is 2.01. The molecule has 2 aliphatic rings. The molecular weight excluding hydrogens is 526 g/mol. The summed E-state index contributed by atoms with van der Waals surface area (Å²) in [5, 5.41) is 3.13. The normalized spacial score (nSPS) is 23.0. The second-order valence-corrected chi connectivity index (χ2v) is 13.3. The van der Waals surface area contributed by atoms with Crippen LogP contribution in [0.2, 0.25) is 0 Å². The third kappa shape index (κ3) is 5.06. The number of sulfonamides is 1. The minimum atomic E-state index is -3.96. The van der Waals surface area contributed by atoms with E-state index in [1.807, 2.05) is 4.90 Å². The molecule has 3 aromatic rings. The lowest BCUT2D eigenvalue weighted by Crippen LogP contribution is -2.49. The summed E-state index contributed by atoms with van der Waals surface area (Å²) >= 11 is 1.18. The van der Waals surface area contributed by atoms with E-state index in [-0.39, 0.29) is 41.9 Å². The molecule has 0 aromatic carbocycles. The van der Waals surface area contributed by atoms with Crippen LogP contribution in [-0.4, -0.2) is 70.4 Å². The van der Waals surface area contributed by atoms with Crippen LogP contribution in [0.25, 0.3) is 10.2 Å². The Balaban J connectivity index is 1.37. The zero-order chi connectivity index (χ0) is 27.0. The standard InChI is InChI=1S/C25H33N7O4S2/c1-16-6-4-7-19(17(16)2)29-20(33)14-31-15-28-23-21(24(31)34)22(18(3)37-23)38(35,36)32-12-10-30(11-13-32)25-26-8-5-9-27-25/h5,8-9,15-17,19H,4,6-7,10-14H2,1-3H3,(H,29,33)/t16-,17+,19+/m0/s1. The van der Waals surface area contributed by atoms with Crippen molar-refractivity contribution in [3.8, 4) is 0 Å². The van der Waals surface area contributed by atoms with Crippen molar-refractivity contribution in [2.24, 2.45) is 11.8 Å². The highest BCUT2D eigenvalue weighted by molar-refractivity contribution is 7.89. The first-order chi connectivity index (χ1) is 18.2. The van der Waals surface area contributed by atoms with Crippen LogP contribution < -0.4 is 15.8 Å². The molecule has 0 radical (unpaired) electrons. The van der Waals surface area contributed by atoms with E-state index in [0.717, 1.165) is 19.3 Å². The topological polar surface area (TPSA) is 130 Å². The number of hydrogen-bond acceptors (Lipinski definition) is 9. The van der Waals surface area contributed by atoms with Crippen LogP contribution in [-0.2, 0) is 21.4 Å². The molecule has 204 valence electrons. The summed E-state index contributed by atoms with van der Waals surface area (Å²) in [5.74, 6) is 1.17. The lowest BCUT2D eigenvalue weighted by Gasteiger charge is -2.34. The van der Waals surface area contributed by atoms with E-state index in [2.05, 4.69) is 34.1 Å². The van der Waals surface area contributed by atoms with Crippen molar-refractivity contribution in [1.82, 2.24) is 29.1 Å². The molecule has 4 heterocycles. The fourth-order valence-corrected chi connectivity index (χ4v) is 8.53. The van der Waals surface area contributed by atoms with Gasteiger partial charge < -0.3 is 10.2 Å². The SMILES string of the molecule is Cc1sc2ncn(CC(=O)N[C@@H]3CCC[C@H](C)[C@H]3C)c(=O)c2c1S(=O)(=O)N1CCN(c2ncccn2)CC1. The molecule has 1 amide bonds. The maximum atomic E-state index is 13.8. The van der Waals surface area contributed by atoms with Gasteiger partial charge >= 0.3 is 0 Å². The third-order valence-corrected chi connectivity index (χ3v) is 11.1. The average Bonchev–Trinajstić information content (AvgIpc) is 3.26. The fraction of sp³-hybridized carbons (Fsp3) is 0.560. The number of nitrogens with zero attached hydrogens (tertiary/aromatic N) is 6. The third-order valence-electron chi connectivity index (χ3n) is 7.84. The van der Waals surface area contributed by atoms with Gasteiger partial charge in [-0.3, -0.25) is 14.2 Å². The number of nitrogens with one attached hydrogen (secondary N) is 1. The number of aryl methyl sites for hydroxylation is 1. The van der Waals surface area contributed by atoms with E-state index in [1.165, 1.54) is 26.5 Å². The molecule has 1 N–H and O–H groups in total. The molecule has 0 spiro atoms. The Kier molecular flexibility index (Phi) is 7.51. The second kappa shape index (κ2) is 10.7. The number of amides is 1. The number of fused-ring (bicyclic) bond motifs is 1. The number of carbonyl (C=O) groups excluding carboxylic acids is 1. The maximum absolute atomic E-state index is 13.8. The van der Waals surface area contributed by atoms with Crippen molar-refractivity contribution in [1.29, 1.82) is 0 Å². The van der Waals surface area contributed by atoms with Crippen LogP contribution in [0.15, 0.2) is 34.5 Å². The van der Waals surface area contributed by atoms with E-state index in [0.29, 0.717) is 40.6 Å². The van der Waals surface area contributed by atoms with Crippen molar-refractivity contribution in [3.63, 3.8) is 0 Å². The number of rotatable bonds is 6. The van der Waals surface area contributed by atoms with Crippen molar-refractivity contribution >= 4 is 43.4 Å². The molecule has 1 saturated carbocycles. The quantitative estimate of drug-likeness (QED) is 0.485. The Morgan fingerprint density at radius 1 is 1.11 bits per heavy atom. The number of piperazine rings is 1. The summed E-state index contributed by atoms with van der Waals surface area (Å²) < 4.78 is 30.2. The van der Waals surface area contributed by atoms with Crippen LogP contribution in [0.1, 0.15) is 38.0 Å². The van der Waals surface area contributed by atoms with Gasteiger partial charge in [-0.15, -0.1) is 11.3 Å². The van der Waals surface area contributed by atoms with E-state index >= 15 is 0 Å². The Hall–Kier alpha value is -2.90. The first-order valence-electron chi connectivity index (χ1n) is 13.0. The van der Waals surface area contributed by atoms with Crippen LogP contribution >= 0.6 is 11.3 Å². The predicted molar refractivity (Wildman–Crippen MR) is 146 cm³/mol. The average molecular weight is 560 g/mol. The minimum absolute atomic E-state index is 0.0103. The summed E-state index contributed by atoms with van der Waals surface area (Å²) in [6.45, 7) is 7.18. The van der Waals surface area contributed by atoms with Crippen molar-refractivity contribution in [2.45, 2.75) is 57.5 Å². The number of aromatic nitrogens is 4. The largest absolute Gasteiger partial charge is 0.352 e. The first-order valence-corrected chi connectivity index (χ1v) is 15.2. The first kappa shape index (κ1) is 26.7. The molecule has 13 heteroatoms. The molecule has 3 atom stereocenters. The van der Waals surface area contributed by atoms with E-state index in [9.17, 15) is 18.0 Å². The van der Waals surface area contributed by atoms with Gasteiger partial charge in [-0.1, -0.05) is 26.7 Å². The molecule has 1 saturated heterocycles. The molecule has 11 nitrogen and oxygen atoms in total. The second-order valence-electron chi connectivity index (χ2n) is 10.2. The summed E-state index contributed by atoms with van der Waals surface area (Å²) in [7, 11) is -3.96.